The first-order valence-electron chi connectivity index (χ1n) is 6.93. The zero-order valence-electron chi connectivity index (χ0n) is 12.8. The molecule has 116 valence electrons. The minimum absolute atomic E-state index is 0.0465. The Kier molecular flexibility index (Phi) is 4.60. The number of rotatable bonds is 4. The first kappa shape index (κ1) is 15.8. The normalized spacial score (nSPS) is 18.0. The first-order valence-corrected chi connectivity index (χ1v) is 6.93. The number of Topliss-reactive ketones (excluding diaryl/α,β-unsaturated/α-hetero) is 1. The Morgan fingerprint density at radius 3 is 2.68 bits per heavy atom. The van der Waals surface area contributed by atoms with E-state index in [1.165, 1.54) is 6.92 Å². The molecule has 0 aromatic carbocycles. The van der Waals surface area contributed by atoms with Gasteiger partial charge >= 0.3 is 5.97 Å². The number of ether oxygens (including phenoxy) is 2. The number of allylic oxidation sites excluding steroid dienone is 2. The third-order valence-corrected chi connectivity index (χ3v) is 3.38. The van der Waals surface area contributed by atoms with Crippen molar-refractivity contribution in [1.82, 2.24) is 4.98 Å². The van der Waals surface area contributed by atoms with Crippen LogP contribution in [0.4, 0.5) is 0 Å². The van der Waals surface area contributed by atoms with Crippen LogP contribution >= 0.6 is 0 Å². The van der Waals surface area contributed by atoms with Crippen LogP contribution < -0.4 is 5.73 Å². The van der Waals surface area contributed by atoms with Crippen molar-refractivity contribution in [1.29, 1.82) is 0 Å². The highest BCUT2D eigenvalue weighted by atomic mass is 16.5. The van der Waals surface area contributed by atoms with Crippen molar-refractivity contribution in [3.63, 3.8) is 0 Å². The van der Waals surface area contributed by atoms with Crippen molar-refractivity contribution in [2.75, 3.05) is 6.61 Å². The van der Waals surface area contributed by atoms with Crippen molar-refractivity contribution in [2.24, 2.45) is 5.73 Å². The van der Waals surface area contributed by atoms with Gasteiger partial charge in [0.1, 0.15) is 11.3 Å². The van der Waals surface area contributed by atoms with Crippen LogP contribution in [-0.4, -0.2) is 23.3 Å². The molecule has 1 aliphatic heterocycles. The summed E-state index contributed by atoms with van der Waals surface area (Å²) in [5.74, 6) is -1.10. The molecule has 6 nitrogen and oxygen atoms in total. The van der Waals surface area contributed by atoms with Gasteiger partial charge in [-0.1, -0.05) is 6.07 Å². The molecule has 2 N–H and O–H groups in total. The van der Waals surface area contributed by atoms with E-state index in [2.05, 4.69) is 4.98 Å². The van der Waals surface area contributed by atoms with Gasteiger partial charge in [0.2, 0.25) is 5.88 Å². The maximum Gasteiger partial charge on any atom is 0.340 e. The Labute approximate surface area is 128 Å². The maximum atomic E-state index is 12.3. The summed E-state index contributed by atoms with van der Waals surface area (Å²) in [4.78, 5) is 28.4. The van der Waals surface area contributed by atoms with Crippen molar-refractivity contribution in [2.45, 2.75) is 26.7 Å². The molecule has 0 amide bonds. The number of nitrogens with two attached hydrogens (primary N) is 1. The molecule has 0 fully saturated rings. The van der Waals surface area contributed by atoms with Gasteiger partial charge < -0.3 is 15.2 Å². The molecule has 6 heteroatoms. The van der Waals surface area contributed by atoms with Crippen LogP contribution in [0.3, 0.4) is 0 Å². The van der Waals surface area contributed by atoms with Gasteiger partial charge in [-0.15, -0.1) is 0 Å². The summed E-state index contributed by atoms with van der Waals surface area (Å²) in [5.41, 5.74) is 7.07. The Bertz CT molecular complexity index is 662. The van der Waals surface area contributed by atoms with E-state index in [1.54, 1.807) is 38.4 Å². The van der Waals surface area contributed by atoms with Gasteiger partial charge in [-0.25, -0.2) is 4.79 Å². The van der Waals surface area contributed by atoms with Crippen LogP contribution in [0.15, 0.2) is 47.3 Å². The summed E-state index contributed by atoms with van der Waals surface area (Å²) in [5, 5.41) is 0. The van der Waals surface area contributed by atoms with E-state index in [9.17, 15) is 9.59 Å². The molecule has 2 rings (SSSR count). The van der Waals surface area contributed by atoms with Gasteiger partial charge in [0.15, 0.2) is 5.78 Å². The zero-order valence-corrected chi connectivity index (χ0v) is 12.8. The predicted molar refractivity (Wildman–Crippen MR) is 79.3 cm³/mol. The average Bonchev–Trinajstić information content (AvgIpc) is 2.47. The molecule has 1 aromatic heterocycles. The number of hydrogen-bond donors (Lipinski definition) is 1. The number of esters is 1. The number of pyridine rings is 1. The standard InChI is InChI=1S/C16H18N2O4/c1-4-21-16(20)14-13(11-6-5-7-18-8-11)12(9(2)19)10(3)22-15(14)17/h5-8,13H,4,17H2,1-3H3. The zero-order chi connectivity index (χ0) is 16.3. The van der Waals surface area contributed by atoms with E-state index in [0.717, 1.165) is 0 Å². The lowest BCUT2D eigenvalue weighted by Gasteiger charge is -2.28. The molecular formula is C16H18N2O4. The van der Waals surface area contributed by atoms with Crippen molar-refractivity contribution < 1.29 is 19.1 Å². The quantitative estimate of drug-likeness (QED) is 0.853. The molecule has 1 aromatic rings. The number of aromatic nitrogens is 1. The fraction of sp³-hybridized carbons (Fsp3) is 0.312. The summed E-state index contributed by atoms with van der Waals surface area (Å²) in [6.45, 7) is 4.97. The molecule has 2 heterocycles. The lowest BCUT2D eigenvalue weighted by Crippen LogP contribution is -2.28. The lowest BCUT2D eigenvalue weighted by atomic mass is 9.81. The van der Waals surface area contributed by atoms with Gasteiger partial charge in [0, 0.05) is 18.0 Å². The second kappa shape index (κ2) is 6.43. The highest BCUT2D eigenvalue weighted by Gasteiger charge is 2.37. The van der Waals surface area contributed by atoms with Gasteiger partial charge in [-0.05, 0) is 32.4 Å². The van der Waals surface area contributed by atoms with Crippen LogP contribution in [0.1, 0.15) is 32.3 Å². The molecule has 0 saturated carbocycles. The predicted octanol–water partition coefficient (Wildman–Crippen LogP) is 1.79. The fourth-order valence-corrected chi connectivity index (χ4v) is 2.52. The van der Waals surface area contributed by atoms with Crippen LogP contribution in [-0.2, 0) is 19.1 Å². The summed E-state index contributed by atoms with van der Waals surface area (Å²) in [6, 6.07) is 3.52. The number of nitrogens with zero attached hydrogens (tertiary/aromatic N) is 1. The van der Waals surface area contributed by atoms with Crippen molar-refractivity contribution >= 4 is 11.8 Å². The van der Waals surface area contributed by atoms with Gasteiger partial charge in [0.05, 0.1) is 12.5 Å². The lowest BCUT2D eigenvalue weighted by molar-refractivity contribution is -0.139. The summed E-state index contributed by atoms with van der Waals surface area (Å²) in [7, 11) is 0. The molecular weight excluding hydrogens is 284 g/mol. The highest BCUT2D eigenvalue weighted by Crippen LogP contribution is 2.39. The van der Waals surface area contributed by atoms with Crippen LogP contribution in [0, 0.1) is 0 Å². The number of hydrogen-bond acceptors (Lipinski definition) is 6. The molecule has 0 spiro atoms. The largest absolute Gasteiger partial charge is 0.462 e. The van der Waals surface area contributed by atoms with Crippen LogP contribution in [0.2, 0.25) is 0 Å². The van der Waals surface area contributed by atoms with Gasteiger partial charge in [0.25, 0.3) is 0 Å². The van der Waals surface area contributed by atoms with Crippen LogP contribution in [0.5, 0.6) is 0 Å². The number of carbonyl (C=O) groups is 2. The average molecular weight is 302 g/mol. The topological polar surface area (TPSA) is 91.5 Å². The summed E-state index contributed by atoms with van der Waals surface area (Å²) >= 11 is 0. The van der Waals surface area contributed by atoms with E-state index in [0.29, 0.717) is 16.9 Å². The second-order valence-corrected chi connectivity index (χ2v) is 4.85. The molecule has 1 atom stereocenters. The SMILES string of the molecule is CCOC(=O)C1=C(N)OC(C)=C(C(C)=O)C1c1cccnc1. The van der Waals surface area contributed by atoms with Crippen molar-refractivity contribution in [3.8, 4) is 0 Å². The van der Waals surface area contributed by atoms with Crippen molar-refractivity contribution in [3.05, 3.63) is 52.9 Å². The first-order chi connectivity index (χ1) is 10.5. The van der Waals surface area contributed by atoms with E-state index in [1.807, 2.05) is 0 Å². The van der Waals surface area contributed by atoms with E-state index in [4.69, 9.17) is 15.2 Å². The fourth-order valence-electron chi connectivity index (χ4n) is 2.52. The monoisotopic (exact) mass is 302 g/mol. The molecule has 0 bridgehead atoms. The van der Waals surface area contributed by atoms with Gasteiger partial charge in [-0.2, -0.15) is 0 Å². The minimum atomic E-state index is -0.640. The molecule has 22 heavy (non-hydrogen) atoms. The highest BCUT2D eigenvalue weighted by molar-refractivity contribution is 6.01. The number of carbonyl (C=O) groups excluding carboxylic acids is 2. The maximum absolute atomic E-state index is 12.3. The van der Waals surface area contributed by atoms with Gasteiger partial charge in [-0.3, -0.25) is 9.78 Å². The Hall–Kier alpha value is -2.63. The van der Waals surface area contributed by atoms with E-state index in [-0.39, 0.29) is 23.8 Å². The summed E-state index contributed by atoms with van der Waals surface area (Å²) < 4.78 is 10.4. The molecule has 1 aliphatic rings. The molecule has 0 aliphatic carbocycles. The van der Waals surface area contributed by atoms with E-state index < -0.39 is 11.9 Å². The molecule has 1 unspecified atom stereocenters. The van der Waals surface area contributed by atoms with Crippen LogP contribution in [0.25, 0.3) is 0 Å². The smallest absolute Gasteiger partial charge is 0.340 e. The Balaban J connectivity index is 2.62. The Morgan fingerprint density at radius 2 is 2.14 bits per heavy atom. The number of ketones is 1. The third kappa shape index (κ3) is 2.86. The third-order valence-electron chi connectivity index (χ3n) is 3.38. The molecule has 0 saturated heterocycles. The second-order valence-electron chi connectivity index (χ2n) is 4.85. The van der Waals surface area contributed by atoms with E-state index >= 15 is 0 Å². The minimum Gasteiger partial charge on any atom is -0.462 e. The Morgan fingerprint density at radius 1 is 1.41 bits per heavy atom. The molecule has 0 radical (unpaired) electrons. The summed E-state index contributed by atoms with van der Waals surface area (Å²) in [6.07, 6.45) is 3.21.